The number of carbonyl (C=O) groups is 3. The fourth-order valence-corrected chi connectivity index (χ4v) is 6.10. The molecular formula is C22H28N2O4S2. The molecule has 162 valence electrons. The maximum atomic E-state index is 13.1. The minimum Gasteiger partial charge on any atom is -0.462 e. The van der Waals surface area contributed by atoms with Gasteiger partial charge in [-0.1, -0.05) is 20.8 Å². The lowest BCUT2D eigenvalue weighted by Gasteiger charge is -2.34. The average molecular weight is 449 g/mol. The van der Waals surface area contributed by atoms with E-state index in [0.29, 0.717) is 22.0 Å². The zero-order valence-electron chi connectivity index (χ0n) is 18.0. The summed E-state index contributed by atoms with van der Waals surface area (Å²) in [5.74, 6) is -0.892. The number of ether oxygens (including phenoxy) is 1. The molecule has 0 aliphatic heterocycles. The van der Waals surface area contributed by atoms with Crippen LogP contribution in [-0.4, -0.2) is 24.4 Å². The first kappa shape index (κ1) is 22.5. The van der Waals surface area contributed by atoms with Gasteiger partial charge >= 0.3 is 5.97 Å². The predicted molar refractivity (Wildman–Crippen MR) is 121 cm³/mol. The number of esters is 1. The maximum Gasteiger partial charge on any atom is 0.341 e. The largest absolute Gasteiger partial charge is 0.462 e. The molecule has 1 aliphatic carbocycles. The molecule has 1 unspecified atom stereocenters. The van der Waals surface area contributed by atoms with Crippen molar-refractivity contribution >= 4 is 45.5 Å². The van der Waals surface area contributed by atoms with Gasteiger partial charge in [0.25, 0.3) is 11.8 Å². The summed E-state index contributed by atoms with van der Waals surface area (Å²) in [5.41, 5.74) is 8.04. The summed E-state index contributed by atoms with van der Waals surface area (Å²) >= 11 is 2.63. The number of thiophene rings is 2. The number of hydrogen-bond acceptors (Lipinski definition) is 6. The monoisotopic (exact) mass is 448 g/mol. The van der Waals surface area contributed by atoms with Crippen molar-refractivity contribution in [2.45, 2.75) is 53.9 Å². The molecule has 8 heteroatoms. The van der Waals surface area contributed by atoms with Crippen LogP contribution in [0.25, 0.3) is 0 Å². The number of nitrogens with two attached hydrogens (primary N) is 1. The van der Waals surface area contributed by atoms with Crippen molar-refractivity contribution in [3.05, 3.63) is 37.4 Å². The molecule has 3 N–H and O–H groups in total. The van der Waals surface area contributed by atoms with Gasteiger partial charge in [-0.2, -0.15) is 0 Å². The lowest BCUT2D eigenvalue weighted by molar-refractivity contribution is 0.0527. The smallest absolute Gasteiger partial charge is 0.341 e. The van der Waals surface area contributed by atoms with Crippen LogP contribution in [0, 0.1) is 18.3 Å². The normalized spacial score (nSPS) is 16.1. The lowest BCUT2D eigenvalue weighted by Crippen LogP contribution is -2.27. The summed E-state index contributed by atoms with van der Waals surface area (Å²) < 4.78 is 5.12. The van der Waals surface area contributed by atoms with Crippen LogP contribution in [0.1, 0.15) is 80.5 Å². The number of rotatable bonds is 5. The number of primary amides is 1. The zero-order valence-corrected chi connectivity index (χ0v) is 19.6. The van der Waals surface area contributed by atoms with Crippen LogP contribution in [0.15, 0.2) is 5.38 Å². The Morgan fingerprint density at radius 2 is 2.00 bits per heavy atom. The topological polar surface area (TPSA) is 98.5 Å². The Morgan fingerprint density at radius 3 is 2.60 bits per heavy atom. The predicted octanol–water partition coefficient (Wildman–Crippen LogP) is 4.80. The van der Waals surface area contributed by atoms with Crippen LogP contribution in [0.2, 0.25) is 0 Å². The number of nitrogens with one attached hydrogen (secondary N) is 1. The Bertz CT molecular complexity index is 998. The standard InChI is InChI=1S/C22H28N2O4S2/c1-6-28-21(27)16-11(2)17(18(23)25)30-20(16)24-19(26)14-10-29-15-9-12(22(3,4)5)7-8-13(14)15/h10,12H,6-9H2,1-5H3,(H2,23,25)(H,24,26). The lowest BCUT2D eigenvalue weighted by atomic mass is 9.72. The first-order valence-electron chi connectivity index (χ1n) is 10.0. The Hall–Kier alpha value is -2.19. The molecule has 0 saturated carbocycles. The summed E-state index contributed by atoms with van der Waals surface area (Å²) in [7, 11) is 0. The number of hydrogen-bond donors (Lipinski definition) is 2. The third-order valence-electron chi connectivity index (χ3n) is 5.70. The van der Waals surface area contributed by atoms with E-state index in [1.54, 1.807) is 25.2 Å². The second-order valence-electron chi connectivity index (χ2n) is 8.66. The van der Waals surface area contributed by atoms with Crippen molar-refractivity contribution in [1.29, 1.82) is 0 Å². The molecule has 3 rings (SSSR count). The molecule has 6 nitrogen and oxygen atoms in total. The summed E-state index contributed by atoms with van der Waals surface area (Å²) in [5, 5.41) is 5.03. The summed E-state index contributed by atoms with van der Waals surface area (Å²) in [6.45, 7) is 10.3. The van der Waals surface area contributed by atoms with Crippen LogP contribution in [-0.2, 0) is 17.6 Å². The molecule has 0 radical (unpaired) electrons. The zero-order chi connectivity index (χ0) is 22.2. The molecule has 0 saturated heterocycles. The molecule has 1 aliphatic rings. The van der Waals surface area contributed by atoms with E-state index in [1.807, 2.05) is 5.38 Å². The number of fused-ring (bicyclic) bond motifs is 1. The van der Waals surface area contributed by atoms with E-state index in [-0.39, 0.29) is 28.4 Å². The highest BCUT2D eigenvalue weighted by Gasteiger charge is 2.32. The van der Waals surface area contributed by atoms with E-state index in [0.717, 1.165) is 36.2 Å². The molecule has 0 spiro atoms. The SMILES string of the molecule is CCOC(=O)c1c(NC(=O)c2csc3c2CCC(C(C)(C)C)C3)sc(C(N)=O)c1C. The second-order valence-corrected chi connectivity index (χ2v) is 10.6. The Labute approximate surface area is 184 Å². The Balaban J connectivity index is 1.89. The Morgan fingerprint density at radius 1 is 1.30 bits per heavy atom. The van der Waals surface area contributed by atoms with E-state index in [1.165, 1.54) is 4.88 Å². The van der Waals surface area contributed by atoms with Gasteiger partial charge in [-0.25, -0.2) is 4.79 Å². The molecule has 1 atom stereocenters. The minimum atomic E-state index is -0.635. The molecule has 2 aromatic heterocycles. The number of amides is 2. The molecular weight excluding hydrogens is 420 g/mol. The maximum absolute atomic E-state index is 13.1. The number of carbonyl (C=O) groups excluding carboxylic acids is 3. The van der Waals surface area contributed by atoms with E-state index in [2.05, 4.69) is 26.1 Å². The van der Waals surface area contributed by atoms with E-state index >= 15 is 0 Å². The van der Waals surface area contributed by atoms with Gasteiger partial charge in [0.1, 0.15) is 5.00 Å². The van der Waals surface area contributed by atoms with E-state index < -0.39 is 11.9 Å². The Kier molecular flexibility index (Phi) is 6.38. The summed E-state index contributed by atoms with van der Waals surface area (Å²) in [6, 6.07) is 0. The first-order chi connectivity index (χ1) is 14.0. The van der Waals surface area contributed by atoms with Crippen molar-refractivity contribution < 1.29 is 19.1 Å². The van der Waals surface area contributed by atoms with Gasteiger partial charge in [-0.05, 0) is 55.6 Å². The molecule has 0 fully saturated rings. The van der Waals surface area contributed by atoms with Gasteiger partial charge in [0.2, 0.25) is 0 Å². The molecule has 30 heavy (non-hydrogen) atoms. The van der Waals surface area contributed by atoms with Crippen LogP contribution in [0.5, 0.6) is 0 Å². The second kappa shape index (κ2) is 8.51. The molecule has 2 aromatic rings. The highest BCUT2D eigenvalue weighted by molar-refractivity contribution is 7.18. The van der Waals surface area contributed by atoms with Crippen molar-refractivity contribution in [2.24, 2.45) is 17.1 Å². The first-order valence-corrected chi connectivity index (χ1v) is 11.7. The van der Waals surface area contributed by atoms with Gasteiger partial charge in [0.15, 0.2) is 0 Å². The average Bonchev–Trinajstić information content (AvgIpc) is 3.21. The van der Waals surface area contributed by atoms with E-state index in [9.17, 15) is 14.4 Å². The highest BCUT2D eigenvalue weighted by Crippen LogP contribution is 2.41. The van der Waals surface area contributed by atoms with Gasteiger partial charge < -0.3 is 15.8 Å². The minimum absolute atomic E-state index is 0.195. The molecule has 2 amide bonds. The van der Waals surface area contributed by atoms with Crippen molar-refractivity contribution in [3.8, 4) is 0 Å². The third kappa shape index (κ3) is 4.30. The summed E-state index contributed by atoms with van der Waals surface area (Å²) in [4.78, 5) is 38.8. The third-order valence-corrected chi connectivity index (χ3v) is 7.97. The van der Waals surface area contributed by atoms with Crippen LogP contribution < -0.4 is 11.1 Å². The van der Waals surface area contributed by atoms with Crippen molar-refractivity contribution in [3.63, 3.8) is 0 Å². The molecule has 0 aromatic carbocycles. The van der Waals surface area contributed by atoms with Gasteiger partial charge in [-0.3, -0.25) is 9.59 Å². The fraction of sp³-hybridized carbons (Fsp3) is 0.500. The fourth-order valence-electron chi connectivity index (χ4n) is 3.90. The van der Waals surface area contributed by atoms with Crippen LogP contribution >= 0.6 is 22.7 Å². The van der Waals surface area contributed by atoms with E-state index in [4.69, 9.17) is 10.5 Å². The molecule has 2 heterocycles. The summed E-state index contributed by atoms with van der Waals surface area (Å²) in [6.07, 6.45) is 2.89. The van der Waals surface area contributed by atoms with Gasteiger partial charge in [-0.15, -0.1) is 22.7 Å². The van der Waals surface area contributed by atoms with Crippen LogP contribution in [0.3, 0.4) is 0 Å². The van der Waals surface area contributed by atoms with Crippen molar-refractivity contribution in [1.82, 2.24) is 0 Å². The number of anilines is 1. The van der Waals surface area contributed by atoms with Crippen LogP contribution in [0.4, 0.5) is 5.00 Å². The van der Waals surface area contributed by atoms with Gasteiger partial charge in [0.05, 0.1) is 22.6 Å². The molecule has 0 bridgehead atoms. The van der Waals surface area contributed by atoms with Gasteiger partial charge in [0, 0.05) is 10.3 Å². The highest BCUT2D eigenvalue weighted by atomic mass is 32.1. The quantitative estimate of drug-likeness (QED) is 0.642. The van der Waals surface area contributed by atoms with Crippen molar-refractivity contribution in [2.75, 3.05) is 11.9 Å².